The molecule has 0 spiro atoms. The number of benzene rings is 1. The van der Waals surface area contributed by atoms with Crippen molar-refractivity contribution < 1.29 is 4.79 Å². The molecule has 1 saturated heterocycles. The van der Waals surface area contributed by atoms with E-state index < -0.39 is 0 Å². The first-order valence-corrected chi connectivity index (χ1v) is 7.57. The molecular weight excluding hydrogens is 234 g/mol. The van der Waals surface area contributed by atoms with E-state index in [1.54, 1.807) is 0 Å². The van der Waals surface area contributed by atoms with Gasteiger partial charge in [0.05, 0.1) is 0 Å². The number of fused-ring (bicyclic) bond motifs is 1. The molecule has 2 heteroatoms. The van der Waals surface area contributed by atoms with E-state index in [2.05, 4.69) is 36.5 Å². The van der Waals surface area contributed by atoms with E-state index >= 15 is 0 Å². The Bertz CT molecular complexity index is 468. The summed E-state index contributed by atoms with van der Waals surface area (Å²) >= 11 is 0. The second kappa shape index (κ2) is 5.46. The van der Waals surface area contributed by atoms with Gasteiger partial charge in [-0.05, 0) is 48.8 Å². The number of Topliss-reactive ketones (excluding diaryl/α,β-unsaturated/α-hetero) is 1. The summed E-state index contributed by atoms with van der Waals surface area (Å²) in [5.74, 6) is 1.69. The Kier molecular flexibility index (Phi) is 3.69. The highest BCUT2D eigenvalue weighted by molar-refractivity contribution is 5.82. The Morgan fingerprint density at radius 2 is 2.16 bits per heavy atom. The van der Waals surface area contributed by atoms with Gasteiger partial charge >= 0.3 is 0 Å². The van der Waals surface area contributed by atoms with Gasteiger partial charge in [-0.3, -0.25) is 4.79 Å². The first kappa shape index (κ1) is 12.9. The maximum atomic E-state index is 12.5. The Morgan fingerprint density at radius 1 is 1.32 bits per heavy atom. The molecular formula is C17H23NO. The Labute approximate surface area is 115 Å². The van der Waals surface area contributed by atoms with Crippen molar-refractivity contribution in [2.75, 3.05) is 13.1 Å². The lowest BCUT2D eigenvalue weighted by Crippen LogP contribution is -2.24. The van der Waals surface area contributed by atoms with E-state index in [1.165, 1.54) is 30.4 Å². The van der Waals surface area contributed by atoms with Crippen molar-refractivity contribution in [1.29, 1.82) is 0 Å². The molecule has 1 aromatic rings. The summed E-state index contributed by atoms with van der Waals surface area (Å²) < 4.78 is 0. The minimum Gasteiger partial charge on any atom is -0.316 e. The van der Waals surface area contributed by atoms with Crippen LogP contribution in [0.3, 0.4) is 0 Å². The highest BCUT2D eigenvalue weighted by atomic mass is 16.1. The maximum Gasteiger partial charge on any atom is 0.138 e. The van der Waals surface area contributed by atoms with Gasteiger partial charge in [0.15, 0.2) is 0 Å². The lowest BCUT2D eigenvalue weighted by Gasteiger charge is -2.26. The summed E-state index contributed by atoms with van der Waals surface area (Å²) in [5.41, 5.74) is 2.89. The van der Waals surface area contributed by atoms with E-state index in [0.29, 0.717) is 17.6 Å². The van der Waals surface area contributed by atoms with E-state index in [0.717, 1.165) is 19.5 Å². The molecule has 2 nitrogen and oxygen atoms in total. The number of nitrogens with one attached hydrogen (secondary N) is 1. The van der Waals surface area contributed by atoms with Crippen LogP contribution in [0.4, 0.5) is 0 Å². The standard InChI is InChI=1S/C17H23NO/c1-12-10-18-11-16(12)17(19)9-14-7-4-6-13-5-2-3-8-15(13)14/h2-3,5,8,12,14,16,18H,4,6-7,9-11H2,1H3. The van der Waals surface area contributed by atoms with Gasteiger partial charge in [0, 0.05) is 18.9 Å². The molecule has 3 unspecified atom stereocenters. The van der Waals surface area contributed by atoms with Crippen LogP contribution in [-0.4, -0.2) is 18.9 Å². The van der Waals surface area contributed by atoms with Crippen molar-refractivity contribution in [3.63, 3.8) is 0 Å². The summed E-state index contributed by atoms with van der Waals surface area (Å²) in [5, 5.41) is 3.34. The highest BCUT2D eigenvalue weighted by Crippen LogP contribution is 2.35. The summed E-state index contributed by atoms with van der Waals surface area (Å²) in [4.78, 5) is 12.5. The monoisotopic (exact) mass is 257 g/mol. The van der Waals surface area contributed by atoms with Crippen LogP contribution in [0.5, 0.6) is 0 Å². The lowest BCUT2D eigenvalue weighted by atomic mass is 9.78. The SMILES string of the molecule is CC1CNCC1C(=O)CC1CCCc2ccccc21. The van der Waals surface area contributed by atoms with Crippen LogP contribution in [0.15, 0.2) is 24.3 Å². The first-order valence-electron chi connectivity index (χ1n) is 7.57. The fraction of sp³-hybridized carbons (Fsp3) is 0.588. The minimum atomic E-state index is 0.245. The van der Waals surface area contributed by atoms with Gasteiger partial charge in [-0.25, -0.2) is 0 Å². The molecule has 1 N–H and O–H groups in total. The molecule has 1 fully saturated rings. The van der Waals surface area contributed by atoms with Gasteiger partial charge in [0.1, 0.15) is 5.78 Å². The van der Waals surface area contributed by atoms with Gasteiger partial charge in [-0.15, -0.1) is 0 Å². The number of carbonyl (C=O) groups excluding carboxylic acids is 1. The molecule has 0 aromatic heterocycles. The average molecular weight is 257 g/mol. The summed E-state index contributed by atoms with van der Waals surface area (Å²) in [6, 6.07) is 8.68. The highest BCUT2D eigenvalue weighted by Gasteiger charge is 2.32. The quantitative estimate of drug-likeness (QED) is 0.902. The predicted octanol–water partition coefficient (Wildman–Crippen LogP) is 2.92. The molecule has 2 aliphatic rings. The number of carbonyl (C=O) groups is 1. The van der Waals surface area contributed by atoms with Crippen molar-refractivity contribution in [3.8, 4) is 0 Å². The van der Waals surface area contributed by atoms with Crippen LogP contribution >= 0.6 is 0 Å². The fourth-order valence-electron chi connectivity index (χ4n) is 3.70. The van der Waals surface area contributed by atoms with Crippen molar-refractivity contribution in [2.24, 2.45) is 11.8 Å². The average Bonchev–Trinajstić information content (AvgIpc) is 2.85. The van der Waals surface area contributed by atoms with Crippen LogP contribution in [-0.2, 0) is 11.2 Å². The molecule has 0 saturated carbocycles. The van der Waals surface area contributed by atoms with Gasteiger partial charge < -0.3 is 5.32 Å². The smallest absolute Gasteiger partial charge is 0.138 e. The second-order valence-electron chi connectivity index (χ2n) is 6.20. The maximum absolute atomic E-state index is 12.5. The largest absolute Gasteiger partial charge is 0.316 e. The number of rotatable bonds is 3. The van der Waals surface area contributed by atoms with Gasteiger partial charge in [-0.1, -0.05) is 31.2 Å². The number of hydrogen-bond acceptors (Lipinski definition) is 2. The fourth-order valence-corrected chi connectivity index (χ4v) is 3.70. The molecule has 0 bridgehead atoms. The van der Waals surface area contributed by atoms with Gasteiger partial charge in [-0.2, -0.15) is 0 Å². The first-order chi connectivity index (χ1) is 9.25. The van der Waals surface area contributed by atoms with E-state index in [-0.39, 0.29) is 5.92 Å². The number of ketones is 1. The number of aryl methyl sites for hydroxylation is 1. The van der Waals surface area contributed by atoms with Crippen molar-refractivity contribution in [1.82, 2.24) is 5.32 Å². The lowest BCUT2D eigenvalue weighted by molar-refractivity contribution is -0.123. The van der Waals surface area contributed by atoms with E-state index in [4.69, 9.17) is 0 Å². The molecule has 1 aromatic carbocycles. The summed E-state index contributed by atoms with van der Waals surface area (Å²) in [6.45, 7) is 4.07. The van der Waals surface area contributed by atoms with Crippen LogP contribution in [0.1, 0.15) is 43.2 Å². The zero-order chi connectivity index (χ0) is 13.2. The Hall–Kier alpha value is -1.15. The van der Waals surface area contributed by atoms with Gasteiger partial charge in [0.2, 0.25) is 0 Å². The van der Waals surface area contributed by atoms with Crippen molar-refractivity contribution in [3.05, 3.63) is 35.4 Å². The molecule has 1 aliphatic carbocycles. The van der Waals surface area contributed by atoms with Gasteiger partial charge in [0.25, 0.3) is 0 Å². The predicted molar refractivity (Wildman–Crippen MR) is 77.3 cm³/mol. The van der Waals surface area contributed by atoms with Crippen molar-refractivity contribution >= 4 is 5.78 Å². The molecule has 19 heavy (non-hydrogen) atoms. The van der Waals surface area contributed by atoms with Crippen LogP contribution in [0, 0.1) is 11.8 Å². The Morgan fingerprint density at radius 3 is 2.95 bits per heavy atom. The third-order valence-corrected chi connectivity index (χ3v) is 4.87. The summed E-state index contributed by atoms with van der Waals surface area (Å²) in [6.07, 6.45) is 4.33. The Balaban J connectivity index is 1.72. The minimum absolute atomic E-state index is 0.245. The molecule has 0 amide bonds. The van der Waals surface area contributed by atoms with Crippen LogP contribution in [0.25, 0.3) is 0 Å². The topological polar surface area (TPSA) is 29.1 Å². The zero-order valence-electron chi connectivity index (χ0n) is 11.7. The van der Waals surface area contributed by atoms with E-state index in [1.807, 2.05) is 0 Å². The normalized spacial score (nSPS) is 30.1. The second-order valence-corrected chi connectivity index (χ2v) is 6.20. The van der Waals surface area contributed by atoms with E-state index in [9.17, 15) is 4.79 Å². The third-order valence-electron chi connectivity index (χ3n) is 4.87. The van der Waals surface area contributed by atoms with Crippen molar-refractivity contribution in [2.45, 2.75) is 38.5 Å². The summed E-state index contributed by atoms with van der Waals surface area (Å²) in [7, 11) is 0. The zero-order valence-corrected chi connectivity index (χ0v) is 11.7. The molecule has 1 aliphatic heterocycles. The third kappa shape index (κ3) is 2.59. The molecule has 0 radical (unpaired) electrons. The van der Waals surface area contributed by atoms with Crippen LogP contribution < -0.4 is 5.32 Å². The van der Waals surface area contributed by atoms with Crippen LogP contribution in [0.2, 0.25) is 0 Å². The molecule has 3 atom stereocenters. The molecule has 102 valence electrons. The molecule has 3 rings (SSSR count). The molecule has 1 heterocycles. The number of hydrogen-bond donors (Lipinski definition) is 1.